The van der Waals surface area contributed by atoms with Crippen LogP contribution < -0.4 is 0 Å². The summed E-state index contributed by atoms with van der Waals surface area (Å²) in [7, 11) is 3.44. The monoisotopic (exact) mass is 390 g/mol. The van der Waals surface area contributed by atoms with E-state index in [1.165, 1.54) is 12.5 Å². The van der Waals surface area contributed by atoms with Crippen molar-refractivity contribution in [3.05, 3.63) is 11.6 Å². The zero-order chi connectivity index (χ0) is 20.1. The van der Waals surface area contributed by atoms with Gasteiger partial charge in [-0.25, -0.2) is 0 Å². The maximum Gasteiger partial charge on any atom is 0.302 e. The van der Waals surface area contributed by atoms with Gasteiger partial charge in [0.25, 0.3) is 0 Å². The molecule has 156 valence electrons. The third kappa shape index (κ3) is 2.80. The molecular weight excluding hydrogens is 356 g/mol. The Labute approximate surface area is 168 Å². The molecule has 4 aliphatic carbocycles. The highest BCUT2D eigenvalue weighted by atomic mass is 16.7. The molecule has 0 amide bonds. The molecule has 4 rings (SSSR count). The number of rotatable bonds is 4. The quantitative estimate of drug-likeness (QED) is 0.535. The third-order valence-electron chi connectivity index (χ3n) is 8.63. The molecule has 0 aromatic carbocycles. The minimum Gasteiger partial charge on any atom is -0.462 e. The zero-order valence-corrected chi connectivity index (χ0v) is 17.7. The maximum atomic E-state index is 12.2. The second-order valence-corrected chi connectivity index (χ2v) is 9.62. The number of ketones is 1. The Morgan fingerprint density at radius 2 is 1.82 bits per heavy atom. The van der Waals surface area contributed by atoms with Crippen molar-refractivity contribution >= 4 is 11.8 Å². The molecule has 6 atom stereocenters. The molecule has 4 aliphatic rings. The average Bonchev–Trinajstić information content (AvgIpc) is 2.98. The van der Waals surface area contributed by atoms with Gasteiger partial charge in [0.15, 0.2) is 12.1 Å². The summed E-state index contributed by atoms with van der Waals surface area (Å²) in [6.07, 6.45) is 9.30. The van der Waals surface area contributed by atoms with Crippen LogP contribution in [-0.2, 0) is 23.8 Å². The highest BCUT2D eigenvalue weighted by molar-refractivity contribution is 5.91. The van der Waals surface area contributed by atoms with Crippen molar-refractivity contribution in [1.29, 1.82) is 0 Å². The van der Waals surface area contributed by atoms with Crippen LogP contribution in [0.1, 0.15) is 65.2 Å². The van der Waals surface area contributed by atoms with Crippen LogP contribution in [0.15, 0.2) is 11.6 Å². The van der Waals surface area contributed by atoms with Crippen molar-refractivity contribution < 1.29 is 23.8 Å². The molecular formula is C23H34O5. The summed E-state index contributed by atoms with van der Waals surface area (Å²) in [6, 6.07) is 0. The topological polar surface area (TPSA) is 61.8 Å². The van der Waals surface area contributed by atoms with Crippen molar-refractivity contribution in [1.82, 2.24) is 0 Å². The van der Waals surface area contributed by atoms with Crippen LogP contribution in [0.3, 0.4) is 0 Å². The number of esters is 1. The van der Waals surface area contributed by atoms with E-state index in [0.29, 0.717) is 24.2 Å². The highest BCUT2D eigenvalue weighted by Gasteiger charge is 2.63. The molecule has 5 heteroatoms. The average molecular weight is 391 g/mol. The number of carbonyl (C=O) groups is 2. The minimum atomic E-state index is -0.310. The van der Waals surface area contributed by atoms with E-state index in [1.807, 2.05) is 6.08 Å². The van der Waals surface area contributed by atoms with Crippen LogP contribution in [0.5, 0.6) is 0 Å². The summed E-state index contributed by atoms with van der Waals surface area (Å²) in [5.41, 5.74) is 1.12. The Balaban J connectivity index is 1.70. The predicted octanol–water partition coefficient (Wildman–Crippen LogP) is 4.05. The molecule has 0 aliphatic heterocycles. The first-order valence-corrected chi connectivity index (χ1v) is 10.8. The smallest absolute Gasteiger partial charge is 0.302 e. The van der Waals surface area contributed by atoms with E-state index in [1.54, 1.807) is 14.2 Å². The first-order valence-electron chi connectivity index (χ1n) is 10.8. The Morgan fingerprint density at radius 3 is 2.50 bits per heavy atom. The van der Waals surface area contributed by atoms with Crippen molar-refractivity contribution in [3.63, 3.8) is 0 Å². The van der Waals surface area contributed by atoms with Crippen LogP contribution in [0, 0.1) is 28.6 Å². The molecule has 0 saturated heterocycles. The van der Waals surface area contributed by atoms with E-state index in [0.717, 1.165) is 44.9 Å². The van der Waals surface area contributed by atoms with Gasteiger partial charge in [0.05, 0.1) is 0 Å². The fraction of sp³-hybridized carbons (Fsp3) is 0.826. The lowest BCUT2D eigenvalue weighted by Gasteiger charge is -2.60. The van der Waals surface area contributed by atoms with Crippen molar-refractivity contribution in [2.24, 2.45) is 28.6 Å². The van der Waals surface area contributed by atoms with Gasteiger partial charge in [-0.1, -0.05) is 12.5 Å². The largest absolute Gasteiger partial charge is 0.462 e. The summed E-state index contributed by atoms with van der Waals surface area (Å²) in [6.45, 7) is 3.86. The lowest BCUT2D eigenvalue weighted by atomic mass is 9.46. The molecule has 28 heavy (non-hydrogen) atoms. The van der Waals surface area contributed by atoms with E-state index < -0.39 is 0 Å². The molecule has 0 aromatic heterocycles. The third-order valence-corrected chi connectivity index (χ3v) is 8.63. The number of ether oxygens (including phenoxy) is 3. The van der Waals surface area contributed by atoms with Gasteiger partial charge in [-0.05, 0) is 68.8 Å². The van der Waals surface area contributed by atoms with Gasteiger partial charge in [-0.15, -0.1) is 0 Å². The van der Waals surface area contributed by atoms with Crippen LogP contribution in [0.2, 0.25) is 0 Å². The lowest BCUT2D eigenvalue weighted by Crippen LogP contribution is -2.57. The van der Waals surface area contributed by atoms with Crippen molar-refractivity contribution in [2.45, 2.75) is 77.6 Å². The van der Waals surface area contributed by atoms with Crippen molar-refractivity contribution in [2.75, 3.05) is 14.2 Å². The molecule has 0 heterocycles. The molecule has 5 nitrogen and oxygen atoms in total. The normalized spacial score (nSPS) is 42.5. The summed E-state index contributed by atoms with van der Waals surface area (Å²) in [5.74, 6) is 1.66. The summed E-state index contributed by atoms with van der Waals surface area (Å²) < 4.78 is 17.5. The molecule has 0 radical (unpaired) electrons. The van der Waals surface area contributed by atoms with Gasteiger partial charge in [0.2, 0.25) is 0 Å². The van der Waals surface area contributed by atoms with E-state index >= 15 is 0 Å². The summed E-state index contributed by atoms with van der Waals surface area (Å²) >= 11 is 0. The highest BCUT2D eigenvalue weighted by Crippen LogP contribution is 2.66. The Kier molecular flexibility index (Phi) is 5.20. The van der Waals surface area contributed by atoms with E-state index in [4.69, 9.17) is 14.2 Å². The maximum absolute atomic E-state index is 12.2. The first-order chi connectivity index (χ1) is 13.4. The van der Waals surface area contributed by atoms with Gasteiger partial charge >= 0.3 is 5.97 Å². The summed E-state index contributed by atoms with van der Waals surface area (Å²) in [5, 5.41) is 0. The van der Waals surface area contributed by atoms with Gasteiger partial charge in [0.1, 0.15) is 6.10 Å². The molecule has 0 spiro atoms. The molecule has 3 fully saturated rings. The van der Waals surface area contributed by atoms with E-state index in [9.17, 15) is 9.59 Å². The number of hydrogen-bond acceptors (Lipinski definition) is 5. The SMILES string of the molecule is COC(OC)[C@]12CCC(=O)C=C1CC[C@H]1[C@@H]3CC[C@@H](OC(C)=O)[C@@]3(C)CC[C@@H]12. The van der Waals surface area contributed by atoms with Gasteiger partial charge < -0.3 is 14.2 Å². The van der Waals surface area contributed by atoms with Gasteiger partial charge in [-0.3, -0.25) is 9.59 Å². The van der Waals surface area contributed by atoms with Crippen LogP contribution in [0.4, 0.5) is 0 Å². The number of methoxy groups -OCH3 is 2. The first kappa shape index (κ1) is 20.1. The standard InChI is InChI=1S/C23H34O5/c1-14(24)28-20-8-7-18-17-6-5-15-13-16(25)9-12-23(15,21(26-3)27-4)19(17)10-11-22(18,20)2/h13,17-21H,5-12H2,1-4H3/t17-,18-,19-,20+,22-,23+/m0/s1. The number of carbonyl (C=O) groups excluding carboxylic acids is 2. The predicted molar refractivity (Wildman–Crippen MR) is 104 cm³/mol. The molecule has 0 unspecified atom stereocenters. The number of fused-ring (bicyclic) bond motifs is 5. The van der Waals surface area contributed by atoms with Gasteiger partial charge in [0, 0.05) is 38.4 Å². The van der Waals surface area contributed by atoms with Crippen LogP contribution in [-0.4, -0.2) is 38.4 Å². The second-order valence-electron chi connectivity index (χ2n) is 9.62. The van der Waals surface area contributed by atoms with Crippen LogP contribution in [0.25, 0.3) is 0 Å². The molecule has 0 N–H and O–H groups in total. The van der Waals surface area contributed by atoms with E-state index in [2.05, 4.69) is 6.92 Å². The molecule has 3 saturated carbocycles. The van der Waals surface area contributed by atoms with Crippen molar-refractivity contribution in [3.8, 4) is 0 Å². The number of hydrogen-bond donors (Lipinski definition) is 0. The van der Waals surface area contributed by atoms with E-state index in [-0.39, 0.29) is 35.0 Å². The second kappa shape index (κ2) is 7.24. The fourth-order valence-electron chi connectivity index (χ4n) is 7.58. The summed E-state index contributed by atoms with van der Waals surface area (Å²) in [4.78, 5) is 23.8. The van der Waals surface area contributed by atoms with Gasteiger partial charge in [-0.2, -0.15) is 0 Å². The Hall–Kier alpha value is -1.20. The Morgan fingerprint density at radius 1 is 1.07 bits per heavy atom. The molecule has 0 bridgehead atoms. The minimum absolute atomic E-state index is 0.0393. The Bertz CT molecular complexity index is 680. The zero-order valence-electron chi connectivity index (χ0n) is 17.7. The fourth-order valence-corrected chi connectivity index (χ4v) is 7.58. The molecule has 0 aromatic rings. The lowest BCUT2D eigenvalue weighted by molar-refractivity contribution is -0.215. The van der Waals surface area contributed by atoms with Crippen LogP contribution >= 0.6 is 0 Å².